The first-order chi connectivity index (χ1) is 11.4. The quantitative estimate of drug-likeness (QED) is 0.904. The minimum Gasteiger partial charge on any atom is -0.378 e. The van der Waals surface area contributed by atoms with E-state index >= 15 is 0 Å². The first-order valence-corrected chi connectivity index (χ1v) is 8.95. The fourth-order valence-electron chi connectivity index (χ4n) is 2.72. The maximum atomic E-state index is 13.7. The standard InChI is InChI=1S/C15H18FN3O4S/c1-10-15(11(2)23-17-10)24(20,21)18-13-9-12(16)3-4-14(13)19-5-7-22-8-6-19/h3-4,9,18H,5-8H2,1-2H3. The van der Waals surface area contributed by atoms with Crippen LogP contribution in [0.4, 0.5) is 15.8 Å². The van der Waals surface area contributed by atoms with Gasteiger partial charge in [0.05, 0.1) is 24.6 Å². The van der Waals surface area contributed by atoms with Gasteiger partial charge in [0.2, 0.25) is 0 Å². The number of morpholine rings is 1. The number of hydrogen-bond acceptors (Lipinski definition) is 6. The Morgan fingerprint density at radius 2 is 1.96 bits per heavy atom. The number of nitrogens with one attached hydrogen (secondary N) is 1. The smallest absolute Gasteiger partial charge is 0.267 e. The van der Waals surface area contributed by atoms with Gasteiger partial charge in [-0.2, -0.15) is 0 Å². The van der Waals surface area contributed by atoms with Gasteiger partial charge in [-0.3, -0.25) is 4.72 Å². The van der Waals surface area contributed by atoms with Gasteiger partial charge in [-0.25, -0.2) is 12.8 Å². The van der Waals surface area contributed by atoms with Gasteiger partial charge in [0.15, 0.2) is 10.7 Å². The number of aromatic nitrogens is 1. The van der Waals surface area contributed by atoms with Crippen LogP contribution in [0.5, 0.6) is 0 Å². The number of halogens is 1. The molecule has 1 fully saturated rings. The van der Waals surface area contributed by atoms with Crippen LogP contribution in [0.1, 0.15) is 11.5 Å². The molecule has 0 amide bonds. The van der Waals surface area contributed by atoms with E-state index in [4.69, 9.17) is 9.26 Å². The number of sulfonamides is 1. The summed E-state index contributed by atoms with van der Waals surface area (Å²) in [5.74, 6) is -0.340. The SMILES string of the molecule is Cc1noc(C)c1S(=O)(=O)Nc1cc(F)ccc1N1CCOCC1. The number of rotatable bonds is 4. The van der Waals surface area contributed by atoms with Crippen LogP contribution in [0.15, 0.2) is 27.6 Å². The Labute approximate surface area is 139 Å². The van der Waals surface area contributed by atoms with Crippen molar-refractivity contribution in [3.8, 4) is 0 Å². The first-order valence-electron chi connectivity index (χ1n) is 7.46. The molecular formula is C15H18FN3O4S. The highest BCUT2D eigenvalue weighted by atomic mass is 32.2. The van der Waals surface area contributed by atoms with Gasteiger partial charge < -0.3 is 14.2 Å². The summed E-state index contributed by atoms with van der Waals surface area (Å²) in [7, 11) is -3.94. The topological polar surface area (TPSA) is 84.7 Å². The lowest BCUT2D eigenvalue weighted by Gasteiger charge is -2.30. The van der Waals surface area contributed by atoms with Crippen molar-refractivity contribution < 1.29 is 22.1 Å². The Hall–Kier alpha value is -2.13. The molecule has 0 aliphatic carbocycles. The van der Waals surface area contributed by atoms with Crippen LogP contribution in [0.25, 0.3) is 0 Å². The molecule has 0 bridgehead atoms. The van der Waals surface area contributed by atoms with E-state index in [0.717, 1.165) is 0 Å². The molecule has 1 aromatic heterocycles. The predicted octanol–water partition coefficient (Wildman–Crippen LogP) is 2.07. The molecule has 0 atom stereocenters. The van der Waals surface area contributed by atoms with E-state index in [2.05, 4.69) is 9.88 Å². The van der Waals surface area contributed by atoms with Crippen molar-refractivity contribution in [1.29, 1.82) is 0 Å². The van der Waals surface area contributed by atoms with Crippen molar-refractivity contribution in [2.24, 2.45) is 0 Å². The molecule has 1 aliphatic rings. The van der Waals surface area contributed by atoms with Crippen molar-refractivity contribution in [2.75, 3.05) is 35.9 Å². The van der Waals surface area contributed by atoms with Gasteiger partial charge in [0, 0.05) is 19.2 Å². The highest BCUT2D eigenvalue weighted by Gasteiger charge is 2.26. The van der Waals surface area contributed by atoms with Crippen LogP contribution in [-0.4, -0.2) is 39.9 Å². The Morgan fingerprint density at radius 1 is 1.25 bits per heavy atom. The number of hydrogen-bond donors (Lipinski definition) is 1. The van der Waals surface area contributed by atoms with Gasteiger partial charge in [-0.1, -0.05) is 5.16 Å². The Kier molecular flexibility index (Phi) is 4.46. The average molecular weight is 355 g/mol. The van der Waals surface area contributed by atoms with E-state index in [0.29, 0.717) is 32.0 Å². The number of benzene rings is 1. The highest BCUT2D eigenvalue weighted by molar-refractivity contribution is 7.92. The molecule has 2 aromatic rings. The Morgan fingerprint density at radius 3 is 2.58 bits per heavy atom. The summed E-state index contributed by atoms with van der Waals surface area (Å²) >= 11 is 0. The molecule has 24 heavy (non-hydrogen) atoms. The van der Waals surface area contributed by atoms with E-state index in [1.54, 1.807) is 13.0 Å². The van der Waals surface area contributed by atoms with Crippen LogP contribution in [0, 0.1) is 19.7 Å². The summed E-state index contributed by atoms with van der Waals surface area (Å²) in [6, 6.07) is 4.03. The van der Waals surface area contributed by atoms with Crippen LogP contribution < -0.4 is 9.62 Å². The summed E-state index contributed by atoms with van der Waals surface area (Å²) in [5, 5.41) is 3.66. The van der Waals surface area contributed by atoms with Gasteiger partial charge in [0.25, 0.3) is 10.0 Å². The van der Waals surface area contributed by atoms with Gasteiger partial charge in [0.1, 0.15) is 11.5 Å². The zero-order valence-electron chi connectivity index (χ0n) is 13.4. The first kappa shape index (κ1) is 16.7. The number of nitrogens with zero attached hydrogens (tertiary/aromatic N) is 2. The molecular weight excluding hydrogens is 337 g/mol. The monoisotopic (exact) mass is 355 g/mol. The fraction of sp³-hybridized carbons (Fsp3) is 0.400. The molecule has 2 heterocycles. The number of ether oxygens (including phenoxy) is 1. The van der Waals surface area contributed by atoms with Crippen LogP contribution in [0.2, 0.25) is 0 Å². The van der Waals surface area contributed by atoms with Gasteiger partial charge in [-0.05, 0) is 26.0 Å². The third kappa shape index (κ3) is 3.22. The van der Waals surface area contributed by atoms with E-state index < -0.39 is 15.8 Å². The molecule has 3 rings (SSSR count). The summed E-state index contributed by atoms with van der Waals surface area (Å²) in [6.07, 6.45) is 0. The summed E-state index contributed by atoms with van der Waals surface area (Å²) in [6.45, 7) is 5.33. The highest BCUT2D eigenvalue weighted by Crippen LogP contribution is 2.31. The lowest BCUT2D eigenvalue weighted by Crippen LogP contribution is -2.36. The normalized spacial score (nSPS) is 15.5. The summed E-state index contributed by atoms with van der Waals surface area (Å²) in [4.78, 5) is 1.92. The van der Waals surface area contributed by atoms with Crippen molar-refractivity contribution in [2.45, 2.75) is 18.7 Å². The fourth-order valence-corrected chi connectivity index (χ4v) is 4.12. The van der Waals surface area contributed by atoms with E-state index in [1.807, 2.05) is 4.90 Å². The molecule has 130 valence electrons. The second-order valence-corrected chi connectivity index (χ2v) is 7.14. The van der Waals surface area contributed by atoms with E-state index in [1.165, 1.54) is 19.1 Å². The third-order valence-electron chi connectivity index (χ3n) is 3.79. The summed E-state index contributed by atoms with van der Waals surface area (Å²) < 4.78 is 51.7. The minimum atomic E-state index is -3.94. The molecule has 0 radical (unpaired) electrons. The lowest BCUT2D eigenvalue weighted by molar-refractivity contribution is 0.123. The number of aryl methyl sites for hydroxylation is 2. The molecule has 0 saturated carbocycles. The largest absolute Gasteiger partial charge is 0.378 e. The molecule has 1 N–H and O–H groups in total. The molecule has 9 heteroatoms. The molecule has 1 saturated heterocycles. The van der Waals surface area contributed by atoms with Crippen LogP contribution in [-0.2, 0) is 14.8 Å². The Balaban J connectivity index is 1.98. The zero-order chi connectivity index (χ0) is 17.3. The molecule has 0 spiro atoms. The van der Waals surface area contributed by atoms with E-state index in [9.17, 15) is 12.8 Å². The molecule has 1 aromatic carbocycles. The van der Waals surface area contributed by atoms with Crippen LogP contribution >= 0.6 is 0 Å². The molecule has 7 nitrogen and oxygen atoms in total. The van der Waals surface area contributed by atoms with Gasteiger partial charge in [-0.15, -0.1) is 0 Å². The lowest BCUT2D eigenvalue weighted by atomic mass is 10.2. The zero-order valence-corrected chi connectivity index (χ0v) is 14.2. The molecule has 1 aliphatic heterocycles. The summed E-state index contributed by atoms with van der Waals surface area (Å²) in [5.41, 5.74) is 1.04. The van der Waals surface area contributed by atoms with Crippen molar-refractivity contribution in [1.82, 2.24) is 5.16 Å². The second kappa shape index (κ2) is 6.40. The minimum absolute atomic E-state index is 0.0281. The van der Waals surface area contributed by atoms with Crippen molar-refractivity contribution >= 4 is 21.4 Å². The Bertz CT molecular complexity index is 825. The second-order valence-electron chi connectivity index (χ2n) is 5.52. The molecule has 0 unspecified atom stereocenters. The average Bonchev–Trinajstić information content (AvgIpc) is 2.87. The predicted molar refractivity (Wildman–Crippen MR) is 86.2 cm³/mol. The van der Waals surface area contributed by atoms with Crippen molar-refractivity contribution in [3.05, 3.63) is 35.5 Å². The number of anilines is 2. The maximum Gasteiger partial charge on any atom is 0.267 e. The van der Waals surface area contributed by atoms with Crippen molar-refractivity contribution in [3.63, 3.8) is 0 Å². The maximum absolute atomic E-state index is 13.7. The van der Waals surface area contributed by atoms with Gasteiger partial charge >= 0.3 is 0 Å². The van der Waals surface area contributed by atoms with E-state index in [-0.39, 0.29) is 22.0 Å². The third-order valence-corrected chi connectivity index (χ3v) is 5.40. The van der Waals surface area contributed by atoms with Crippen LogP contribution in [0.3, 0.4) is 0 Å².